The Morgan fingerprint density at radius 2 is 1.84 bits per heavy atom. The van der Waals surface area contributed by atoms with Gasteiger partial charge in [0.25, 0.3) is 5.91 Å². The highest BCUT2D eigenvalue weighted by Gasteiger charge is 2.26. The third kappa shape index (κ3) is 5.43. The lowest BCUT2D eigenvalue weighted by Gasteiger charge is -2.30. The molecule has 0 unspecified atom stereocenters. The predicted molar refractivity (Wildman–Crippen MR) is 119 cm³/mol. The number of nitrogens with zero attached hydrogens (tertiary/aromatic N) is 1. The molecule has 1 aliphatic rings. The number of benzene rings is 3. The van der Waals surface area contributed by atoms with Gasteiger partial charge in [-0.05, 0) is 54.4 Å². The van der Waals surface area contributed by atoms with Crippen molar-refractivity contribution in [1.29, 1.82) is 0 Å². The standard InChI is InChI=1S/C25H23FN2O4/c26-19-10-8-18(9-11-19)16-28-22-15-20(12-13-23(22)32-17-25(28)30)27-24(29)7-4-14-31-21-5-2-1-3-6-21/h1-3,5-6,8-13,15H,4,7,14,16-17H2,(H,27,29). The molecule has 3 aromatic carbocycles. The van der Waals surface area contributed by atoms with Gasteiger partial charge in [0, 0.05) is 12.1 Å². The van der Waals surface area contributed by atoms with E-state index in [0.717, 1.165) is 11.3 Å². The topological polar surface area (TPSA) is 67.9 Å². The Hall–Kier alpha value is -3.87. The van der Waals surface area contributed by atoms with Gasteiger partial charge in [-0.1, -0.05) is 30.3 Å². The first kappa shape index (κ1) is 21.4. The van der Waals surface area contributed by atoms with Gasteiger partial charge in [-0.15, -0.1) is 0 Å². The van der Waals surface area contributed by atoms with Gasteiger partial charge < -0.3 is 19.7 Å². The third-order valence-electron chi connectivity index (χ3n) is 5.00. The van der Waals surface area contributed by atoms with Crippen molar-refractivity contribution in [2.24, 2.45) is 0 Å². The van der Waals surface area contributed by atoms with Crippen molar-refractivity contribution < 1.29 is 23.5 Å². The van der Waals surface area contributed by atoms with Gasteiger partial charge in [-0.3, -0.25) is 9.59 Å². The van der Waals surface area contributed by atoms with Crippen molar-refractivity contribution in [3.05, 3.63) is 84.2 Å². The maximum Gasteiger partial charge on any atom is 0.265 e. The molecule has 0 spiro atoms. The van der Waals surface area contributed by atoms with Gasteiger partial charge in [0.2, 0.25) is 5.91 Å². The fourth-order valence-electron chi connectivity index (χ4n) is 3.39. The third-order valence-corrected chi connectivity index (χ3v) is 5.00. The summed E-state index contributed by atoms with van der Waals surface area (Å²) in [5.41, 5.74) is 1.93. The minimum absolute atomic E-state index is 0.0681. The molecule has 0 saturated heterocycles. The number of halogens is 1. The number of hydrogen-bond acceptors (Lipinski definition) is 4. The summed E-state index contributed by atoms with van der Waals surface area (Å²) in [6.07, 6.45) is 0.878. The van der Waals surface area contributed by atoms with Crippen molar-refractivity contribution in [3.63, 3.8) is 0 Å². The van der Waals surface area contributed by atoms with E-state index in [0.29, 0.717) is 36.6 Å². The molecule has 0 aliphatic carbocycles. The fraction of sp³-hybridized carbons (Fsp3) is 0.200. The number of rotatable bonds is 8. The first-order valence-corrected chi connectivity index (χ1v) is 10.4. The van der Waals surface area contributed by atoms with Gasteiger partial charge in [0.1, 0.15) is 17.3 Å². The van der Waals surface area contributed by atoms with Crippen molar-refractivity contribution >= 4 is 23.2 Å². The van der Waals surface area contributed by atoms with E-state index in [1.807, 2.05) is 30.3 Å². The van der Waals surface area contributed by atoms with Crippen LogP contribution < -0.4 is 19.7 Å². The van der Waals surface area contributed by atoms with Gasteiger partial charge in [0.15, 0.2) is 6.61 Å². The van der Waals surface area contributed by atoms with Crippen LogP contribution >= 0.6 is 0 Å². The molecule has 0 saturated carbocycles. The van der Waals surface area contributed by atoms with Crippen molar-refractivity contribution in [3.8, 4) is 11.5 Å². The van der Waals surface area contributed by atoms with Crippen LogP contribution in [0.25, 0.3) is 0 Å². The maximum atomic E-state index is 13.2. The number of carbonyl (C=O) groups excluding carboxylic acids is 2. The number of fused-ring (bicyclic) bond motifs is 1. The minimum atomic E-state index is -0.332. The van der Waals surface area contributed by atoms with Gasteiger partial charge in [0.05, 0.1) is 18.8 Å². The lowest BCUT2D eigenvalue weighted by Crippen LogP contribution is -2.38. The Balaban J connectivity index is 1.37. The van der Waals surface area contributed by atoms with Crippen molar-refractivity contribution in [2.45, 2.75) is 19.4 Å². The Morgan fingerprint density at radius 3 is 2.62 bits per heavy atom. The number of carbonyl (C=O) groups is 2. The first-order valence-electron chi connectivity index (χ1n) is 10.4. The average Bonchev–Trinajstić information content (AvgIpc) is 2.81. The van der Waals surface area contributed by atoms with E-state index in [9.17, 15) is 14.0 Å². The molecular formula is C25H23FN2O4. The first-order chi connectivity index (χ1) is 15.6. The molecule has 7 heteroatoms. The van der Waals surface area contributed by atoms with E-state index in [4.69, 9.17) is 9.47 Å². The lowest BCUT2D eigenvalue weighted by molar-refractivity contribution is -0.121. The molecule has 4 rings (SSSR count). The molecule has 164 valence electrons. The SMILES string of the molecule is O=C(CCCOc1ccccc1)Nc1ccc2c(c1)N(Cc1ccc(F)cc1)C(=O)CO2. The van der Waals surface area contributed by atoms with Crippen LogP contribution in [0.5, 0.6) is 11.5 Å². The van der Waals surface area contributed by atoms with Crippen LogP contribution in [0.15, 0.2) is 72.8 Å². The van der Waals surface area contributed by atoms with Crippen LogP contribution in [0.3, 0.4) is 0 Å². The fourth-order valence-corrected chi connectivity index (χ4v) is 3.39. The molecule has 2 amide bonds. The second-order valence-corrected chi connectivity index (χ2v) is 7.39. The summed E-state index contributed by atoms with van der Waals surface area (Å²) in [5.74, 6) is 0.647. The highest BCUT2D eigenvalue weighted by molar-refractivity contribution is 5.99. The molecule has 0 aromatic heterocycles. The molecule has 1 aliphatic heterocycles. The zero-order chi connectivity index (χ0) is 22.3. The molecule has 0 bridgehead atoms. The number of para-hydroxylation sites is 1. The Morgan fingerprint density at radius 1 is 1.06 bits per heavy atom. The summed E-state index contributed by atoms with van der Waals surface area (Å²) in [7, 11) is 0. The molecule has 32 heavy (non-hydrogen) atoms. The van der Waals surface area contributed by atoms with E-state index in [2.05, 4.69) is 5.32 Å². The number of amides is 2. The van der Waals surface area contributed by atoms with Gasteiger partial charge >= 0.3 is 0 Å². The summed E-state index contributed by atoms with van der Waals surface area (Å²) < 4.78 is 24.3. The second-order valence-electron chi connectivity index (χ2n) is 7.39. The van der Waals surface area contributed by atoms with Crippen LogP contribution in [0.2, 0.25) is 0 Å². The molecule has 1 N–H and O–H groups in total. The molecule has 0 radical (unpaired) electrons. The largest absolute Gasteiger partial charge is 0.494 e. The number of nitrogens with one attached hydrogen (secondary N) is 1. The van der Waals surface area contributed by atoms with Crippen molar-refractivity contribution in [1.82, 2.24) is 0 Å². The van der Waals surface area contributed by atoms with E-state index in [1.54, 1.807) is 35.2 Å². The Labute approximate surface area is 185 Å². The van der Waals surface area contributed by atoms with Crippen LogP contribution in [0.4, 0.5) is 15.8 Å². The summed E-state index contributed by atoms with van der Waals surface area (Å²) in [5, 5.41) is 2.86. The number of hydrogen-bond donors (Lipinski definition) is 1. The van der Waals surface area contributed by atoms with Crippen molar-refractivity contribution in [2.75, 3.05) is 23.4 Å². The highest BCUT2D eigenvalue weighted by Crippen LogP contribution is 2.35. The van der Waals surface area contributed by atoms with Crippen LogP contribution in [-0.2, 0) is 16.1 Å². The number of anilines is 2. The molecule has 0 atom stereocenters. The predicted octanol–water partition coefficient (Wildman–Crippen LogP) is 4.55. The maximum absolute atomic E-state index is 13.2. The van der Waals surface area contributed by atoms with Crippen LogP contribution in [0, 0.1) is 5.82 Å². The zero-order valence-corrected chi connectivity index (χ0v) is 17.4. The van der Waals surface area contributed by atoms with Crippen LogP contribution in [0.1, 0.15) is 18.4 Å². The summed E-state index contributed by atoms with van der Waals surface area (Å²) in [4.78, 5) is 26.4. The molecule has 0 fully saturated rings. The average molecular weight is 434 g/mol. The van der Waals surface area contributed by atoms with E-state index in [-0.39, 0.29) is 30.8 Å². The molecular weight excluding hydrogens is 411 g/mol. The van der Waals surface area contributed by atoms with Crippen LogP contribution in [-0.4, -0.2) is 25.0 Å². The number of ether oxygens (including phenoxy) is 2. The monoisotopic (exact) mass is 434 g/mol. The smallest absolute Gasteiger partial charge is 0.265 e. The summed E-state index contributed by atoms with van der Waals surface area (Å²) in [6, 6.07) is 20.6. The lowest BCUT2D eigenvalue weighted by atomic mass is 10.1. The quantitative estimate of drug-likeness (QED) is 0.528. The van der Waals surface area contributed by atoms with Gasteiger partial charge in [-0.25, -0.2) is 4.39 Å². The summed E-state index contributed by atoms with van der Waals surface area (Å²) >= 11 is 0. The normalized spacial score (nSPS) is 12.7. The zero-order valence-electron chi connectivity index (χ0n) is 17.4. The Bertz CT molecular complexity index is 1090. The summed E-state index contributed by atoms with van der Waals surface area (Å²) in [6.45, 7) is 0.653. The van der Waals surface area contributed by atoms with E-state index < -0.39 is 0 Å². The highest BCUT2D eigenvalue weighted by atomic mass is 19.1. The molecule has 1 heterocycles. The molecule has 3 aromatic rings. The van der Waals surface area contributed by atoms with E-state index >= 15 is 0 Å². The van der Waals surface area contributed by atoms with E-state index in [1.165, 1.54) is 12.1 Å². The molecule has 6 nitrogen and oxygen atoms in total. The Kier molecular flexibility index (Phi) is 6.65. The van der Waals surface area contributed by atoms with Gasteiger partial charge in [-0.2, -0.15) is 0 Å². The minimum Gasteiger partial charge on any atom is -0.494 e. The second kappa shape index (κ2) is 9.96.